The summed E-state index contributed by atoms with van der Waals surface area (Å²) >= 11 is 0. The van der Waals surface area contributed by atoms with Crippen LogP contribution in [0.25, 0.3) is 0 Å². The van der Waals surface area contributed by atoms with E-state index in [9.17, 15) is 9.90 Å². The Balaban J connectivity index is 1.73. The molecule has 29 heavy (non-hydrogen) atoms. The second kappa shape index (κ2) is 10.4. The highest BCUT2D eigenvalue weighted by atomic mass is 16.3. The van der Waals surface area contributed by atoms with Gasteiger partial charge in [0.05, 0.1) is 12.1 Å². The van der Waals surface area contributed by atoms with Crippen molar-refractivity contribution in [3.63, 3.8) is 0 Å². The summed E-state index contributed by atoms with van der Waals surface area (Å²) in [6.07, 6.45) is 1.14. The summed E-state index contributed by atoms with van der Waals surface area (Å²) in [7, 11) is 2.07. The first-order chi connectivity index (χ1) is 14.1. The van der Waals surface area contributed by atoms with E-state index in [2.05, 4.69) is 46.4 Å². The number of nitrogens with one attached hydrogen (secondary N) is 1. The van der Waals surface area contributed by atoms with E-state index in [1.807, 2.05) is 30.3 Å². The lowest BCUT2D eigenvalue weighted by Crippen LogP contribution is -2.36. The highest BCUT2D eigenvalue weighted by Crippen LogP contribution is 2.28. The molecule has 0 unspecified atom stereocenters. The summed E-state index contributed by atoms with van der Waals surface area (Å²) in [5.74, 6) is -0.127. The highest BCUT2D eigenvalue weighted by molar-refractivity contribution is 5.94. The molecule has 2 atom stereocenters. The van der Waals surface area contributed by atoms with Crippen molar-refractivity contribution in [3.8, 4) is 0 Å². The topological polar surface area (TPSA) is 76.0 Å². The number of likely N-dealkylation sites (N-methyl/N-ethyl adjacent to an activating group) is 1. The molecule has 0 radical (unpaired) electrons. The fourth-order valence-electron chi connectivity index (χ4n) is 3.76. The molecule has 0 spiro atoms. The van der Waals surface area contributed by atoms with Gasteiger partial charge in [-0.05, 0) is 42.7 Å². The summed E-state index contributed by atoms with van der Waals surface area (Å²) < 4.78 is 0. The summed E-state index contributed by atoms with van der Waals surface area (Å²) in [5, 5.41) is 21.5. The van der Waals surface area contributed by atoms with Crippen LogP contribution in [-0.4, -0.2) is 67.0 Å². The van der Waals surface area contributed by atoms with Crippen molar-refractivity contribution in [2.45, 2.75) is 25.0 Å². The van der Waals surface area contributed by atoms with Gasteiger partial charge in [0.25, 0.3) is 5.91 Å². The van der Waals surface area contributed by atoms with Gasteiger partial charge in [-0.25, -0.2) is 0 Å². The second-order valence-corrected chi connectivity index (χ2v) is 7.62. The van der Waals surface area contributed by atoms with E-state index in [1.54, 1.807) is 0 Å². The third kappa shape index (κ3) is 5.79. The molecule has 3 N–H and O–H groups in total. The molecule has 1 aliphatic rings. The normalized spacial score (nSPS) is 17.8. The zero-order valence-corrected chi connectivity index (χ0v) is 17.0. The first-order valence-corrected chi connectivity index (χ1v) is 10.3. The number of β-amino-alcohol motifs (C(OH)–C–C–N with tert-alkyl or cyclic N) is 1. The number of rotatable bonds is 9. The van der Waals surface area contributed by atoms with E-state index in [4.69, 9.17) is 5.11 Å². The van der Waals surface area contributed by atoms with Gasteiger partial charge in [0.1, 0.15) is 0 Å². The first kappa shape index (κ1) is 21.3. The molecule has 0 aliphatic carbocycles. The molecule has 2 aromatic rings. The number of benzene rings is 2. The molecular formula is C23H31N3O3. The number of nitrogens with zero attached hydrogens (tertiary/aromatic N) is 2. The standard InChI is InChI=1S/C23H31N3O3/c1-25(20-10-8-19(9-11-20)23(29)24-13-5-15-27)22(18-6-3-2-4-7-18)17-26-14-12-21(28)16-26/h2-4,6-11,21-22,27-28H,5,12-17H2,1H3,(H,24,29)/t21-,22+/m0/s1. The Morgan fingerprint density at radius 3 is 2.55 bits per heavy atom. The van der Waals surface area contributed by atoms with Gasteiger partial charge in [-0.3, -0.25) is 9.69 Å². The average molecular weight is 398 g/mol. The van der Waals surface area contributed by atoms with Crippen molar-refractivity contribution < 1.29 is 15.0 Å². The maximum absolute atomic E-state index is 12.2. The maximum Gasteiger partial charge on any atom is 0.251 e. The molecular weight excluding hydrogens is 366 g/mol. The molecule has 1 heterocycles. The third-order valence-corrected chi connectivity index (χ3v) is 5.49. The highest BCUT2D eigenvalue weighted by Gasteiger charge is 2.26. The van der Waals surface area contributed by atoms with Crippen LogP contribution in [0.4, 0.5) is 5.69 Å². The zero-order valence-electron chi connectivity index (χ0n) is 17.0. The maximum atomic E-state index is 12.2. The van der Waals surface area contributed by atoms with E-state index >= 15 is 0 Å². The lowest BCUT2D eigenvalue weighted by atomic mass is 10.0. The number of carbonyl (C=O) groups excluding carboxylic acids is 1. The van der Waals surface area contributed by atoms with E-state index in [0.29, 0.717) is 25.1 Å². The molecule has 2 aromatic carbocycles. The second-order valence-electron chi connectivity index (χ2n) is 7.62. The SMILES string of the molecule is CN(c1ccc(C(=O)NCCCO)cc1)[C@H](CN1CC[C@H](O)C1)c1ccccc1. The van der Waals surface area contributed by atoms with Gasteiger partial charge in [0, 0.05) is 51.1 Å². The van der Waals surface area contributed by atoms with Crippen LogP contribution >= 0.6 is 0 Å². The van der Waals surface area contributed by atoms with Gasteiger partial charge in [0.2, 0.25) is 0 Å². The minimum Gasteiger partial charge on any atom is -0.396 e. The Labute approximate surface area is 172 Å². The molecule has 0 aromatic heterocycles. The largest absolute Gasteiger partial charge is 0.396 e. The van der Waals surface area contributed by atoms with Crippen molar-refractivity contribution >= 4 is 11.6 Å². The molecule has 0 saturated carbocycles. The Hall–Kier alpha value is -2.41. The third-order valence-electron chi connectivity index (χ3n) is 5.49. The quantitative estimate of drug-likeness (QED) is 0.565. The average Bonchev–Trinajstić information content (AvgIpc) is 3.17. The van der Waals surface area contributed by atoms with E-state index in [0.717, 1.165) is 25.2 Å². The Morgan fingerprint density at radius 2 is 1.93 bits per heavy atom. The van der Waals surface area contributed by atoms with Gasteiger partial charge in [-0.15, -0.1) is 0 Å². The van der Waals surface area contributed by atoms with E-state index in [1.165, 1.54) is 5.56 Å². The Kier molecular flexibility index (Phi) is 7.63. The van der Waals surface area contributed by atoms with Crippen LogP contribution in [-0.2, 0) is 0 Å². The van der Waals surface area contributed by atoms with Crippen molar-refractivity contribution in [1.29, 1.82) is 0 Å². The smallest absolute Gasteiger partial charge is 0.251 e. The molecule has 1 fully saturated rings. The van der Waals surface area contributed by atoms with Crippen molar-refractivity contribution in [2.24, 2.45) is 0 Å². The minimum absolute atomic E-state index is 0.0684. The number of aliphatic hydroxyl groups excluding tert-OH is 2. The summed E-state index contributed by atoms with van der Waals surface area (Å²) in [5.41, 5.74) is 2.87. The van der Waals surface area contributed by atoms with Crippen molar-refractivity contribution in [3.05, 3.63) is 65.7 Å². The van der Waals surface area contributed by atoms with Crippen LogP contribution < -0.4 is 10.2 Å². The van der Waals surface area contributed by atoms with Gasteiger partial charge in [-0.2, -0.15) is 0 Å². The van der Waals surface area contributed by atoms with Crippen LogP contribution in [0.1, 0.15) is 34.8 Å². The van der Waals surface area contributed by atoms with E-state index < -0.39 is 0 Å². The lowest BCUT2D eigenvalue weighted by Gasteiger charge is -2.33. The predicted octanol–water partition coefficient (Wildman–Crippen LogP) is 2.04. The number of aliphatic hydroxyl groups is 2. The van der Waals surface area contributed by atoms with Crippen LogP contribution in [0.5, 0.6) is 0 Å². The Morgan fingerprint density at radius 1 is 1.21 bits per heavy atom. The predicted molar refractivity (Wildman–Crippen MR) is 115 cm³/mol. The monoisotopic (exact) mass is 397 g/mol. The van der Waals surface area contributed by atoms with Gasteiger partial charge >= 0.3 is 0 Å². The number of amides is 1. The van der Waals surface area contributed by atoms with Crippen molar-refractivity contribution in [1.82, 2.24) is 10.2 Å². The van der Waals surface area contributed by atoms with Crippen molar-refractivity contribution in [2.75, 3.05) is 44.7 Å². The van der Waals surface area contributed by atoms with Gasteiger partial charge in [0.15, 0.2) is 0 Å². The van der Waals surface area contributed by atoms with Crippen LogP contribution in [0.2, 0.25) is 0 Å². The molecule has 6 heteroatoms. The van der Waals surface area contributed by atoms with E-state index in [-0.39, 0.29) is 24.7 Å². The minimum atomic E-state index is -0.236. The summed E-state index contributed by atoms with van der Waals surface area (Å²) in [6.45, 7) is 2.99. The zero-order chi connectivity index (χ0) is 20.6. The fourth-order valence-corrected chi connectivity index (χ4v) is 3.76. The van der Waals surface area contributed by atoms with Crippen LogP contribution in [0, 0.1) is 0 Å². The summed E-state index contributed by atoms with van der Waals surface area (Å²) in [4.78, 5) is 16.7. The lowest BCUT2D eigenvalue weighted by molar-refractivity contribution is 0.0951. The van der Waals surface area contributed by atoms with Gasteiger partial charge < -0.3 is 20.4 Å². The fraction of sp³-hybridized carbons (Fsp3) is 0.435. The Bertz CT molecular complexity index is 767. The molecule has 3 rings (SSSR count). The number of hydrogen-bond acceptors (Lipinski definition) is 5. The van der Waals surface area contributed by atoms with Crippen LogP contribution in [0.15, 0.2) is 54.6 Å². The molecule has 156 valence electrons. The molecule has 0 bridgehead atoms. The number of likely N-dealkylation sites (tertiary alicyclic amines) is 1. The number of anilines is 1. The van der Waals surface area contributed by atoms with Gasteiger partial charge in [-0.1, -0.05) is 30.3 Å². The number of hydrogen-bond donors (Lipinski definition) is 3. The summed E-state index contributed by atoms with van der Waals surface area (Å²) in [6, 6.07) is 18.1. The van der Waals surface area contributed by atoms with Crippen LogP contribution in [0.3, 0.4) is 0 Å². The molecule has 1 aliphatic heterocycles. The first-order valence-electron chi connectivity index (χ1n) is 10.3. The molecule has 1 amide bonds. The molecule has 6 nitrogen and oxygen atoms in total. The number of carbonyl (C=O) groups is 1. The molecule has 1 saturated heterocycles.